The second kappa shape index (κ2) is 10.1. The molecule has 4 aromatic rings. The van der Waals surface area contributed by atoms with Crippen molar-refractivity contribution in [2.75, 3.05) is 30.4 Å². The second-order valence-corrected chi connectivity index (χ2v) is 9.04. The van der Waals surface area contributed by atoms with Gasteiger partial charge in [-0.05, 0) is 25.5 Å². The van der Waals surface area contributed by atoms with Crippen molar-refractivity contribution < 1.29 is 18.3 Å². The Labute approximate surface area is 216 Å². The van der Waals surface area contributed by atoms with E-state index in [1.54, 1.807) is 18.3 Å². The molecule has 1 saturated heterocycles. The van der Waals surface area contributed by atoms with Gasteiger partial charge in [-0.3, -0.25) is 9.89 Å². The van der Waals surface area contributed by atoms with Gasteiger partial charge in [0.05, 0.1) is 24.8 Å². The number of H-pyrrole nitrogens is 1. The second-order valence-electron chi connectivity index (χ2n) is 9.04. The first kappa shape index (κ1) is 25.2. The van der Waals surface area contributed by atoms with Gasteiger partial charge in [0.1, 0.15) is 5.82 Å². The van der Waals surface area contributed by atoms with E-state index >= 15 is 0 Å². The number of aromatic amines is 1. The lowest BCUT2D eigenvalue weighted by Gasteiger charge is -2.47. The number of pyridine rings is 1. The molecule has 0 spiro atoms. The van der Waals surface area contributed by atoms with Crippen LogP contribution in [0.3, 0.4) is 0 Å². The minimum Gasteiger partial charge on any atom is -0.365 e. The molecule has 5 rings (SSSR count). The molecule has 1 aliphatic heterocycles. The first-order valence-electron chi connectivity index (χ1n) is 11.8. The number of ether oxygens (including phenoxy) is 1. The van der Waals surface area contributed by atoms with Crippen LogP contribution in [0.2, 0.25) is 0 Å². The van der Waals surface area contributed by atoms with Crippen molar-refractivity contribution in [3.63, 3.8) is 0 Å². The highest BCUT2D eigenvalue weighted by molar-refractivity contribution is 5.88. The summed E-state index contributed by atoms with van der Waals surface area (Å²) in [4.78, 5) is 28.2. The molecular weight excluding hydrogens is 498 g/mol. The zero-order valence-corrected chi connectivity index (χ0v) is 20.9. The van der Waals surface area contributed by atoms with E-state index in [-0.39, 0.29) is 31.1 Å². The minimum atomic E-state index is -2.60. The topological polar surface area (TPSA) is 139 Å². The van der Waals surface area contributed by atoms with Crippen molar-refractivity contribution in [3.8, 4) is 5.82 Å². The van der Waals surface area contributed by atoms with E-state index in [4.69, 9.17) is 4.74 Å². The molecule has 38 heavy (non-hydrogen) atoms. The van der Waals surface area contributed by atoms with Gasteiger partial charge in [0, 0.05) is 49.6 Å². The largest absolute Gasteiger partial charge is 0.365 e. The third-order valence-electron chi connectivity index (χ3n) is 6.14. The first-order chi connectivity index (χ1) is 18.2. The summed E-state index contributed by atoms with van der Waals surface area (Å²) in [5.74, 6) is 1.84. The van der Waals surface area contributed by atoms with E-state index in [0.717, 1.165) is 23.1 Å². The predicted octanol–water partition coefficient (Wildman–Crippen LogP) is 2.60. The van der Waals surface area contributed by atoms with Crippen molar-refractivity contribution in [2.24, 2.45) is 0 Å². The lowest BCUT2D eigenvalue weighted by molar-refractivity contribution is -0.146. The third kappa shape index (κ3) is 5.16. The lowest BCUT2D eigenvalue weighted by Crippen LogP contribution is -2.70. The highest BCUT2D eigenvalue weighted by atomic mass is 19.3. The van der Waals surface area contributed by atoms with E-state index in [2.05, 4.69) is 40.9 Å². The van der Waals surface area contributed by atoms with Gasteiger partial charge in [0.15, 0.2) is 17.2 Å². The van der Waals surface area contributed by atoms with Crippen molar-refractivity contribution >= 4 is 23.5 Å². The number of nitrogens with zero attached hydrogens (tertiary/aromatic N) is 7. The van der Waals surface area contributed by atoms with Crippen LogP contribution in [0.5, 0.6) is 0 Å². The number of hydrogen-bond donors (Lipinski definition) is 3. The molecule has 1 fully saturated rings. The van der Waals surface area contributed by atoms with Gasteiger partial charge in [0.2, 0.25) is 5.95 Å². The maximum Gasteiger partial charge on any atom is 0.266 e. The summed E-state index contributed by atoms with van der Waals surface area (Å²) in [6.45, 7) is 4.55. The zero-order chi connectivity index (χ0) is 26.9. The van der Waals surface area contributed by atoms with Crippen LogP contribution in [-0.2, 0) is 16.1 Å². The Hall–Kier alpha value is -4.46. The summed E-state index contributed by atoms with van der Waals surface area (Å²) in [5.41, 5.74) is 1.19. The third-order valence-corrected chi connectivity index (χ3v) is 6.14. The van der Waals surface area contributed by atoms with Gasteiger partial charge < -0.3 is 20.3 Å². The van der Waals surface area contributed by atoms with Crippen LogP contribution < -0.4 is 15.5 Å². The number of alkyl halides is 2. The van der Waals surface area contributed by atoms with Crippen LogP contribution in [0, 0.1) is 13.8 Å². The van der Waals surface area contributed by atoms with E-state index in [9.17, 15) is 13.6 Å². The lowest BCUT2D eigenvalue weighted by atomic mass is 9.93. The molecule has 1 amide bonds. The number of hydrogen-bond acceptors (Lipinski definition) is 9. The average Bonchev–Trinajstić information content (AvgIpc) is 3.52. The molecule has 0 saturated carbocycles. The highest BCUT2D eigenvalue weighted by Gasteiger charge is 2.51. The Morgan fingerprint density at radius 3 is 2.63 bits per heavy atom. The highest BCUT2D eigenvalue weighted by Crippen LogP contribution is 2.30. The Morgan fingerprint density at radius 1 is 1.18 bits per heavy atom. The molecule has 0 radical (unpaired) electrons. The van der Waals surface area contributed by atoms with Gasteiger partial charge in [0.25, 0.3) is 12.3 Å². The van der Waals surface area contributed by atoms with Crippen LogP contribution in [0.15, 0.2) is 42.9 Å². The van der Waals surface area contributed by atoms with Crippen LogP contribution in [0.4, 0.5) is 26.4 Å². The molecule has 14 heteroatoms. The quantitative estimate of drug-likeness (QED) is 0.302. The van der Waals surface area contributed by atoms with E-state index < -0.39 is 12.0 Å². The molecule has 4 aromatic heterocycles. The maximum absolute atomic E-state index is 13.0. The molecule has 3 N–H and O–H groups in total. The summed E-state index contributed by atoms with van der Waals surface area (Å²) in [6, 6.07) is 7.07. The van der Waals surface area contributed by atoms with Crippen molar-refractivity contribution in [1.29, 1.82) is 0 Å². The normalized spacial score (nSPS) is 14.4. The molecule has 0 bridgehead atoms. The average molecular weight is 525 g/mol. The summed E-state index contributed by atoms with van der Waals surface area (Å²) >= 11 is 0. The molecule has 0 atom stereocenters. The Balaban J connectivity index is 1.19. The molecule has 198 valence electrons. The van der Waals surface area contributed by atoms with Crippen LogP contribution in [0.25, 0.3) is 5.82 Å². The molecular formula is C24H26F2N10O2. The number of rotatable bonds is 9. The minimum absolute atomic E-state index is 0.182. The number of nitrogens with one attached hydrogen (secondary N) is 3. The monoisotopic (exact) mass is 524 g/mol. The molecule has 5 heterocycles. The summed E-state index contributed by atoms with van der Waals surface area (Å²) in [5, 5.41) is 17.0. The fourth-order valence-electron chi connectivity index (χ4n) is 4.02. The summed E-state index contributed by atoms with van der Waals surface area (Å²) < 4.78 is 32.5. The van der Waals surface area contributed by atoms with Crippen molar-refractivity contribution in [2.45, 2.75) is 32.4 Å². The van der Waals surface area contributed by atoms with Crippen LogP contribution >= 0.6 is 0 Å². The number of carbonyl (C=O) groups is 1. The SMILES string of the molecule is COC1(C(=O)NCc2ccc(-n3cc(C(F)F)cn3)nc2)CN(c2nc(C)cc(Nc3cc(C)[nH]n3)n2)C1. The summed E-state index contributed by atoms with van der Waals surface area (Å²) in [6.07, 6.45) is 1.29. The standard InChI is InChI=1S/C24H26F2N10O2/c1-14-6-18(31-19-7-15(2)33-34-19)32-23(30-14)35-12-24(13-35,38-3)22(37)28-9-16-4-5-20(27-8-16)36-11-17(10-29-36)21(25)26/h4-8,10-11,21H,9,12-13H2,1-3H3,(H,28,37)(H2,30,31,32,33,34). The van der Waals surface area contributed by atoms with Gasteiger partial charge in [-0.25, -0.2) is 23.4 Å². The van der Waals surface area contributed by atoms with E-state index in [0.29, 0.717) is 23.4 Å². The molecule has 0 aliphatic carbocycles. The summed E-state index contributed by atoms with van der Waals surface area (Å²) in [7, 11) is 1.50. The predicted molar refractivity (Wildman–Crippen MR) is 133 cm³/mol. The van der Waals surface area contributed by atoms with Crippen molar-refractivity contribution in [3.05, 3.63) is 65.4 Å². The molecule has 0 aromatic carbocycles. The Bertz CT molecular complexity index is 1430. The number of aryl methyl sites for hydroxylation is 2. The van der Waals surface area contributed by atoms with Gasteiger partial charge in [-0.2, -0.15) is 15.2 Å². The fraction of sp³-hybridized carbons (Fsp3) is 0.333. The van der Waals surface area contributed by atoms with Crippen LogP contribution in [-0.4, -0.2) is 66.6 Å². The number of amides is 1. The van der Waals surface area contributed by atoms with Crippen LogP contribution in [0.1, 0.15) is 28.9 Å². The number of anilines is 3. The smallest absolute Gasteiger partial charge is 0.266 e. The fourth-order valence-corrected chi connectivity index (χ4v) is 4.02. The number of carbonyl (C=O) groups excluding carboxylic acids is 1. The van der Waals surface area contributed by atoms with E-state index in [1.807, 2.05) is 30.9 Å². The molecule has 12 nitrogen and oxygen atoms in total. The molecule has 1 aliphatic rings. The Kier molecular flexibility index (Phi) is 6.72. The van der Waals surface area contributed by atoms with Gasteiger partial charge in [-0.15, -0.1) is 0 Å². The van der Waals surface area contributed by atoms with Crippen molar-refractivity contribution in [1.82, 2.24) is 40.2 Å². The van der Waals surface area contributed by atoms with E-state index in [1.165, 1.54) is 18.0 Å². The zero-order valence-electron chi connectivity index (χ0n) is 20.9. The maximum atomic E-state index is 13.0. The Morgan fingerprint density at radius 2 is 2.00 bits per heavy atom. The number of aromatic nitrogens is 7. The van der Waals surface area contributed by atoms with Gasteiger partial charge >= 0.3 is 0 Å². The van der Waals surface area contributed by atoms with Gasteiger partial charge in [-0.1, -0.05) is 6.07 Å². The number of methoxy groups -OCH3 is 1. The first-order valence-corrected chi connectivity index (χ1v) is 11.8. The molecule has 0 unspecified atom stereocenters. The number of halogens is 2.